The van der Waals surface area contributed by atoms with Crippen LogP contribution in [0.15, 0.2) is 162 Å². The van der Waals surface area contributed by atoms with E-state index in [1.807, 2.05) is 121 Å². The molecule has 0 atom stereocenters. The molecule has 1 aliphatic carbocycles. The number of rotatable bonds is 18. The number of fused-ring (bicyclic) bond motifs is 3. The van der Waals surface area contributed by atoms with Gasteiger partial charge in [-0.2, -0.15) is 0 Å². The van der Waals surface area contributed by atoms with E-state index in [0.29, 0.717) is 48.0 Å². The van der Waals surface area contributed by atoms with Crippen LogP contribution in [-0.4, -0.2) is 38.8 Å². The number of hydrogen-bond acceptors (Lipinski definition) is 7. The minimum atomic E-state index is -3.99. The van der Waals surface area contributed by atoms with Gasteiger partial charge in [0.25, 0.3) is 0 Å². The number of ketones is 1. The van der Waals surface area contributed by atoms with Crippen molar-refractivity contribution >= 4 is 32.5 Å². The van der Waals surface area contributed by atoms with E-state index in [9.17, 15) is 13.2 Å². The maximum Gasteiger partial charge on any atom is 0.239 e. The number of aryl methyl sites for hydroxylation is 2. The summed E-state index contributed by atoms with van der Waals surface area (Å²) in [6, 6.07) is 49.5. The Kier molecular flexibility index (Phi) is 12.5. The highest BCUT2D eigenvalue weighted by molar-refractivity contribution is 7.92. The van der Waals surface area contributed by atoms with E-state index in [4.69, 9.17) is 13.9 Å². The van der Waals surface area contributed by atoms with Gasteiger partial charge in [-0.3, -0.25) is 14.0 Å². The number of para-hydroxylation sites is 1. The lowest BCUT2D eigenvalue weighted by Crippen LogP contribution is -2.34. The maximum absolute atomic E-state index is 14.5. The Morgan fingerprint density at radius 2 is 1.25 bits per heavy atom. The molecule has 1 heterocycles. The molecule has 0 radical (unpaired) electrons. The zero-order valence-electron chi connectivity index (χ0n) is 33.0. The highest BCUT2D eigenvalue weighted by Crippen LogP contribution is 2.37. The van der Waals surface area contributed by atoms with Crippen molar-refractivity contribution in [3.8, 4) is 11.5 Å². The maximum atomic E-state index is 14.5. The Labute approximate surface area is 346 Å². The molecule has 1 aromatic heterocycles. The van der Waals surface area contributed by atoms with E-state index < -0.39 is 10.0 Å². The third-order valence-corrected chi connectivity index (χ3v) is 12.4. The van der Waals surface area contributed by atoms with Gasteiger partial charge in [0.1, 0.15) is 24.7 Å². The van der Waals surface area contributed by atoms with E-state index in [-0.39, 0.29) is 31.2 Å². The van der Waals surface area contributed by atoms with Gasteiger partial charge in [-0.15, -0.1) is 0 Å². The van der Waals surface area contributed by atoms with Gasteiger partial charge in [0.05, 0.1) is 24.5 Å². The lowest BCUT2D eigenvalue weighted by molar-refractivity contribution is 0.0912. The molecule has 9 heteroatoms. The van der Waals surface area contributed by atoms with Crippen molar-refractivity contribution in [2.45, 2.75) is 51.1 Å². The van der Waals surface area contributed by atoms with Crippen LogP contribution in [0.2, 0.25) is 0 Å². The molecule has 7 aromatic rings. The van der Waals surface area contributed by atoms with Crippen LogP contribution >= 0.6 is 0 Å². The molecule has 0 unspecified atom stereocenters. The monoisotopic (exact) mass is 804 g/mol. The van der Waals surface area contributed by atoms with E-state index in [0.717, 1.165) is 59.1 Å². The molecule has 300 valence electrons. The molecule has 0 amide bonds. The molecule has 1 aliphatic rings. The van der Waals surface area contributed by atoms with Crippen LogP contribution in [0.1, 0.15) is 56.8 Å². The van der Waals surface area contributed by atoms with Crippen molar-refractivity contribution in [3.63, 3.8) is 0 Å². The fourth-order valence-electron chi connectivity index (χ4n) is 7.69. The van der Waals surface area contributed by atoms with Crippen molar-refractivity contribution in [1.82, 2.24) is 4.90 Å². The fraction of sp³-hybridized carbons (Fsp3) is 0.220. The van der Waals surface area contributed by atoms with Crippen LogP contribution in [0.4, 0.5) is 5.69 Å². The summed E-state index contributed by atoms with van der Waals surface area (Å²) >= 11 is 0. The molecule has 8 rings (SSSR count). The van der Waals surface area contributed by atoms with Crippen LogP contribution in [0.3, 0.4) is 0 Å². The minimum Gasteiger partial charge on any atom is -0.488 e. The lowest BCUT2D eigenvalue weighted by Gasteiger charge is -2.28. The highest BCUT2D eigenvalue weighted by Gasteiger charge is 2.28. The largest absolute Gasteiger partial charge is 0.488 e. The van der Waals surface area contributed by atoms with E-state index in [1.165, 1.54) is 9.87 Å². The van der Waals surface area contributed by atoms with Gasteiger partial charge in [0, 0.05) is 36.0 Å². The number of carbonyl (C=O) groups is 1. The topological polar surface area (TPSA) is 89.3 Å². The number of hydrogen-bond donors (Lipinski definition) is 0. The first-order valence-electron chi connectivity index (χ1n) is 20.2. The van der Waals surface area contributed by atoms with Crippen LogP contribution in [0.25, 0.3) is 11.0 Å². The second-order valence-electron chi connectivity index (χ2n) is 15.0. The fourth-order valence-corrected chi connectivity index (χ4v) is 9.25. The van der Waals surface area contributed by atoms with Gasteiger partial charge in [-0.05, 0) is 65.8 Å². The van der Waals surface area contributed by atoms with E-state index in [2.05, 4.69) is 11.0 Å². The summed E-state index contributed by atoms with van der Waals surface area (Å²) in [7, 11) is -3.99. The van der Waals surface area contributed by atoms with Crippen molar-refractivity contribution in [1.29, 1.82) is 0 Å². The first kappa shape index (κ1) is 39.7. The Morgan fingerprint density at radius 1 is 0.627 bits per heavy atom. The summed E-state index contributed by atoms with van der Waals surface area (Å²) in [6.45, 7) is 1.68. The van der Waals surface area contributed by atoms with E-state index >= 15 is 0 Å². The Balaban J connectivity index is 1.09. The SMILES string of the molecule is O=C(CN(CCOc1cccc2c3c(oc12)CCCC3)Cc1ccccc1)c1ccc(OCc2ccccc2)c(N(Cc2ccccc2)S(=O)(=O)Cc2ccccc2)c1. The van der Waals surface area contributed by atoms with Gasteiger partial charge in [-0.1, -0.05) is 133 Å². The number of carbonyl (C=O) groups excluding carboxylic acids is 1. The summed E-state index contributed by atoms with van der Waals surface area (Å²) in [5, 5.41) is 1.12. The molecule has 6 aromatic carbocycles. The van der Waals surface area contributed by atoms with Crippen LogP contribution in [0.5, 0.6) is 11.5 Å². The lowest BCUT2D eigenvalue weighted by atomic mass is 9.96. The molecule has 0 saturated heterocycles. The average Bonchev–Trinajstić information content (AvgIpc) is 3.66. The molecule has 59 heavy (non-hydrogen) atoms. The van der Waals surface area contributed by atoms with Gasteiger partial charge < -0.3 is 13.9 Å². The number of ether oxygens (including phenoxy) is 2. The molecular weight excluding hydrogens is 757 g/mol. The van der Waals surface area contributed by atoms with Crippen molar-refractivity contribution in [3.05, 3.63) is 197 Å². The normalized spacial score (nSPS) is 12.6. The summed E-state index contributed by atoms with van der Waals surface area (Å²) in [4.78, 5) is 16.5. The van der Waals surface area contributed by atoms with Crippen molar-refractivity contribution < 1.29 is 27.1 Å². The van der Waals surface area contributed by atoms with Crippen molar-refractivity contribution in [2.75, 3.05) is 24.0 Å². The summed E-state index contributed by atoms with van der Waals surface area (Å²) in [5.74, 6) is 1.74. The zero-order chi connectivity index (χ0) is 40.4. The van der Waals surface area contributed by atoms with Gasteiger partial charge >= 0.3 is 0 Å². The Hall–Kier alpha value is -6.16. The number of Topliss-reactive ketones (excluding diaryl/α,β-unsaturated/α-hetero) is 1. The first-order valence-corrected chi connectivity index (χ1v) is 21.8. The van der Waals surface area contributed by atoms with Crippen molar-refractivity contribution in [2.24, 2.45) is 0 Å². The minimum absolute atomic E-state index is 0.0538. The first-order chi connectivity index (χ1) is 28.9. The van der Waals surface area contributed by atoms with Crippen LogP contribution < -0.4 is 13.8 Å². The molecule has 0 fully saturated rings. The molecule has 0 N–H and O–H groups in total. The standard InChI is InChI=1S/C50H48N2O6S/c53-46(35-51(33-38-16-5-1-6-17-38)30-31-56-49-27-15-25-44-43-24-13-14-26-47(43)58-50(44)49)42-28-29-48(57-36-40-20-9-3-10-21-40)45(32-42)52(34-39-18-7-2-8-19-39)59(54,55)37-41-22-11-4-12-23-41/h1-12,15-23,25,27-29,32H,13-14,24,26,30-31,33-37H2. The summed E-state index contributed by atoms with van der Waals surface area (Å²) in [6.07, 6.45) is 4.25. The Bertz CT molecular complexity index is 2580. The summed E-state index contributed by atoms with van der Waals surface area (Å²) in [5.41, 5.74) is 6.22. The number of sulfonamides is 1. The van der Waals surface area contributed by atoms with Gasteiger partial charge in [0.2, 0.25) is 10.0 Å². The molecule has 0 saturated carbocycles. The number of benzene rings is 6. The number of furan rings is 1. The third kappa shape index (κ3) is 9.94. The second-order valence-corrected chi connectivity index (χ2v) is 16.9. The number of anilines is 1. The predicted molar refractivity (Wildman–Crippen MR) is 233 cm³/mol. The Morgan fingerprint density at radius 3 is 1.95 bits per heavy atom. The van der Waals surface area contributed by atoms with Gasteiger partial charge in [0.15, 0.2) is 17.1 Å². The average molecular weight is 805 g/mol. The molecule has 0 aliphatic heterocycles. The number of nitrogens with zero attached hydrogens (tertiary/aromatic N) is 2. The molecule has 0 bridgehead atoms. The molecular formula is C50H48N2O6S. The summed E-state index contributed by atoms with van der Waals surface area (Å²) < 4.78 is 49.5. The van der Waals surface area contributed by atoms with Crippen LogP contribution in [-0.2, 0) is 48.3 Å². The highest BCUT2D eigenvalue weighted by atomic mass is 32.2. The van der Waals surface area contributed by atoms with E-state index in [1.54, 1.807) is 30.3 Å². The van der Waals surface area contributed by atoms with Crippen LogP contribution in [0, 0.1) is 0 Å². The zero-order valence-corrected chi connectivity index (χ0v) is 33.9. The quantitative estimate of drug-likeness (QED) is 0.0798. The predicted octanol–water partition coefficient (Wildman–Crippen LogP) is 10.2. The molecule has 8 nitrogen and oxygen atoms in total. The van der Waals surface area contributed by atoms with Gasteiger partial charge in [-0.25, -0.2) is 8.42 Å². The smallest absolute Gasteiger partial charge is 0.239 e. The third-order valence-electron chi connectivity index (χ3n) is 10.7. The molecule has 0 spiro atoms. The second kappa shape index (κ2) is 18.6.